The van der Waals surface area contributed by atoms with Crippen LogP contribution in [-0.4, -0.2) is 30.5 Å². The number of para-hydroxylation sites is 1. The molecule has 24 heavy (non-hydrogen) atoms. The van der Waals surface area contributed by atoms with Crippen molar-refractivity contribution in [3.8, 4) is 0 Å². The van der Waals surface area contributed by atoms with Crippen LogP contribution in [0.4, 0.5) is 10.8 Å². The van der Waals surface area contributed by atoms with Gasteiger partial charge in [-0.15, -0.1) is 11.3 Å². The summed E-state index contributed by atoms with van der Waals surface area (Å²) in [4.78, 5) is 19.0. The van der Waals surface area contributed by atoms with E-state index < -0.39 is 0 Å². The van der Waals surface area contributed by atoms with Gasteiger partial charge in [-0.1, -0.05) is 18.2 Å². The summed E-state index contributed by atoms with van der Waals surface area (Å²) in [5.41, 5.74) is 8.74. The lowest BCUT2D eigenvalue weighted by atomic mass is 10.1. The number of hydrogen-bond acceptors (Lipinski definition) is 5. The summed E-state index contributed by atoms with van der Waals surface area (Å²) >= 11 is 1.70. The first-order valence-electron chi connectivity index (χ1n) is 8.52. The van der Waals surface area contributed by atoms with Crippen LogP contribution in [0.5, 0.6) is 0 Å². The van der Waals surface area contributed by atoms with E-state index >= 15 is 0 Å². The third kappa shape index (κ3) is 4.47. The first-order valence-corrected chi connectivity index (χ1v) is 9.40. The Hall–Kier alpha value is -2.08. The molecule has 0 bridgehead atoms. The van der Waals surface area contributed by atoms with Gasteiger partial charge >= 0.3 is 0 Å². The molecule has 3 rings (SSSR count). The number of rotatable bonds is 7. The second kappa shape index (κ2) is 8.15. The molecule has 1 aromatic heterocycles. The van der Waals surface area contributed by atoms with Crippen molar-refractivity contribution in [3.05, 3.63) is 40.9 Å². The van der Waals surface area contributed by atoms with Crippen LogP contribution in [-0.2, 0) is 17.6 Å². The number of thiazole rings is 1. The highest BCUT2D eigenvalue weighted by Gasteiger charge is 2.15. The van der Waals surface area contributed by atoms with Gasteiger partial charge < -0.3 is 16.0 Å². The van der Waals surface area contributed by atoms with Crippen molar-refractivity contribution in [1.29, 1.82) is 0 Å². The Morgan fingerprint density at radius 1 is 1.25 bits per heavy atom. The average Bonchev–Trinajstić information content (AvgIpc) is 3.25. The maximum Gasteiger partial charge on any atom is 0.220 e. The molecule has 0 radical (unpaired) electrons. The normalized spacial score (nSPS) is 14.1. The molecule has 0 atom stereocenters. The van der Waals surface area contributed by atoms with Crippen LogP contribution in [0.25, 0.3) is 0 Å². The number of nitrogens with two attached hydrogens (primary N) is 1. The summed E-state index contributed by atoms with van der Waals surface area (Å²) in [6.45, 7) is 2.87. The monoisotopic (exact) mass is 344 g/mol. The van der Waals surface area contributed by atoms with E-state index in [0.29, 0.717) is 19.4 Å². The van der Waals surface area contributed by atoms with Crippen molar-refractivity contribution in [1.82, 2.24) is 10.3 Å². The number of amides is 1. The highest BCUT2D eigenvalue weighted by molar-refractivity contribution is 7.13. The predicted octanol–water partition coefficient (Wildman–Crippen LogP) is 2.62. The summed E-state index contributed by atoms with van der Waals surface area (Å²) in [6.07, 6.45) is 4.44. The van der Waals surface area contributed by atoms with E-state index in [4.69, 9.17) is 5.73 Å². The molecule has 1 aliphatic rings. The van der Waals surface area contributed by atoms with Crippen LogP contribution in [0.2, 0.25) is 0 Å². The van der Waals surface area contributed by atoms with Crippen LogP contribution >= 0.6 is 11.3 Å². The lowest BCUT2D eigenvalue weighted by Gasteiger charge is -2.12. The van der Waals surface area contributed by atoms with Gasteiger partial charge in [0.2, 0.25) is 5.91 Å². The molecule has 2 aromatic rings. The number of carbonyl (C=O) groups is 1. The van der Waals surface area contributed by atoms with Crippen molar-refractivity contribution in [2.75, 3.05) is 30.3 Å². The maximum atomic E-state index is 12.0. The molecule has 6 heteroatoms. The lowest BCUT2D eigenvalue weighted by Crippen LogP contribution is -2.26. The third-order valence-electron chi connectivity index (χ3n) is 4.30. The molecule has 1 fully saturated rings. The quantitative estimate of drug-likeness (QED) is 0.758. The Morgan fingerprint density at radius 2 is 2.04 bits per heavy atom. The first-order chi connectivity index (χ1) is 11.7. The van der Waals surface area contributed by atoms with E-state index in [2.05, 4.69) is 20.6 Å². The number of carbonyl (C=O) groups excluding carboxylic acids is 1. The van der Waals surface area contributed by atoms with Crippen molar-refractivity contribution < 1.29 is 4.79 Å². The number of aryl methyl sites for hydroxylation is 1. The van der Waals surface area contributed by atoms with Gasteiger partial charge in [-0.05, 0) is 30.9 Å². The van der Waals surface area contributed by atoms with Gasteiger partial charge in [-0.25, -0.2) is 4.98 Å². The standard InChI is InChI=1S/C18H24N4OS/c19-16-6-2-1-5-14(16)7-8-17(23)20-10-9-15-13-24-18(21-15)22-11-3-4-12-22/h1-2,5-6,13H,3-4,7-12,19H2,(H,20,23). The van der Waals surface area contributed by atoms with Crippen molar-refractivity contribution in [2.24, 2.45) is 0 Å². The van der Waals surface area contributed by atoms with Crippen LogP contribution in [0, 0.1) is 0 Å². The van der Waals surface area contributed by atoms with Gasteiger partial charge in [0, 0.05) is 43.5 Å². The zero-order valence-electron chi connectivity index (χ0n) is 13.8. The summed E-state index contributed by atoms with van der Waals surface area (Å²) in [5, 5.41) is 6.19. The zero-order valence-corrected chi connectivity index (χ0v) is 14.6. The van der Waals surface area contributed by atoms with E-state index in [1.165, 1.54) is 12.8 Å². The molecule has 1 aromatic carbocycles. The summed E-state index contributed by atoms with van der Waals surface area (Å²) < 4.78 is 0. The van der Waals surface area contributed by atoms with E-state index in [-0.39, 0.29) is 5.91 Å². The van der Waals surface area contributed by atoms with Crippen LogP contribution in [0.3, 0.4) is 0 Å². The Balaban J connectivity index is 1.38. The van der Waals surface area contributed by atoms with Gasteiger partial charge in [-0.2, -0.15) is 0 Å². The van der Waals surface area contributed by atoms with Crippen LogP contribution in [0.15, 0.2) is 29.6 Å². The van der Waals surface area contributed by atoms with Gasteiger partial charge in [0.15, 0.2) is 5.13 Å². The largest absolute Gasteiger partial charge is 0.399 e. The van der Waals surface area contributed by atoms with Gasteiger partial charge in [-0.3, -0.25) is 4.79 Å². The highest BCUT2D eigenvalue weighted by Crippen LogP contribution is 2.24. The second-order valence-electron chi connectivity index (χ2n) is 6.11. The Kier molecular flexibility index (Phi) is 5.69. The Labute approximate surface area is 146 Å². The van der Waals surface area contributed by atoms with Crippen molar-refractivity contribution in [2.45, 2.75) is 32.1 Å². The molecule has 3 N–H and O–H groups in total. The third-order valence-corrected chi connectivity index (χ3v) is 5.25. The summed E-state index contributed by atoms with van der Waals surface area (Å²) in [6, 6.07) is 7.69. The zero-order chi connectivity index (χ0) is 16.8. The van der Waals surface area contributed by atoms with Gasteiger partial charge in [0.25, 0.3) is 0 Å². The molecule has 0 aliphatic carbocycles. The van der Waals surface area contributed by atoms with Gasteiger partial charge in [0.05, 0.1) is 5.69 Å². The molecular formula is C18H24N4OS. The average molecular weight is 344 g/mol. The molecule has 1 aliphatic heterocycles. The van der Waals surface area contributed by atoms with E-state index in [9.17, 15) is 4.79 Å². The molecule has 128 valence electrons. The molecule has 0 spiro atoms. The minimum absolute atomic E-state index is 0.0632. The number of anilines is 2. The molecule has 1 saturated heterocycles. The number of nitrogens with one attached hydrogen (secondary N) is 1. The van der Waals surface area contributed by atoms with E-state index in [1.807, 2.05) is 24.3 Å². The second-order valence-corrected chi connectivity index (χ2v) is 6.95. The first kappa shape index (κ1) is 16.8. The number of nitrogens with zero attached hydrogens (tertiary/aromatic N) is 2. The number of hydrogen-bond donors (Lipinski definition) is 2. The fraction of sp³-hybridized carbons (Fsp3) is 0.444. The SMILES string of the molecule is Nc1ccccc1CCC(=O)NCCc1csc(N2CCCC2)n1. The van der Waals surface area contributed by atoms with Crippen molar-refractivity contribution in [3.63, 3.8) is 0 Å². The number of aromatic nitrogens is 1. The summed E-state index contributed by atoms with van der Waals surface area (Å²) in [7, 11) is 0. The fourth-order valence-corrected chi connectivity index (χ4v) is 3.81. The topological polar surface area (TPSA) is 71.2 Å². The number of benzene rings is 1. The Bertz CT molecular complexity index is 679. The molecule has 5 nitrogen and oxygen atoms in total. The molecule has 0 saturated carbocycles. The molecule has 1 amide bonds. The van der Waals surface area contributed by atoms with Gasteiger partial charge in [0.1, 0.15) is 0 Å². The predicted molar refractivity (Wildman–Crippen MR) is 99.5 cm³/mol. The van der Waals surface area contributed by atoms with E-state index in [0.717, 1.165) is 41.6 Å². The summed E-state index contributed by atoms with van der Waals surface area (Å²) in [5.74, 6) is 0.0632. The Morgan fingerprint density at radius 3 is 2.83 bits per heavy atom. The van der Waals surface area contributed by atoms with E-state index in [1.54, 1.807) is 11.3 Å². The lowest BCUT2D eigenvalue weighted by molar-refractivity contribution is -0.121. The van der Waals surface area contributed by atoms with Crippen LogP contribution < -0.4 is 16.0 Å². The molecule has 0 unspecified atom stereocenters. The fourth-order valence-electron chi connectivity index (χ4n) is 2.89. The molecular weight excluding hydrogens is 320 g/mol. The highest BCUT2D eigenvalue weighted by atomic mass is 32.1. The number of nitrogen functional groups attached to an aromatic ring is 1. The minimum atomic E-state index is 0.0632. The smallest absolute Gasteiger partial charge is 0.220 e. The maximum absolute atomic E-state index is 12.0. The minimum Gasteiger partial charge on any atom is -0.399 e. The van der Waals surface area contributed by atoms with Crippen molar-refractivity contribution >= 4 is 28.1 Å². The molecule has 2 heterocycles. The van der Waals surface area contributed by atoms with Crippen LogP contribution in [0.1, 0.15) is 30.5 Å².